The summed E-state index contributed by atoms with van der Waals surface area (Å²) in [6.07, 6.45) is 9.92. The summed E-state index contributed by atoms with van der Waals surface area (Å²) in [5.41, 5.74) is 8.55. The summed E-state index contributed by atoms with van der Waals surface area (Å²) in [5, 5.41) is 12.7. The van der Waals surface area contributed by atoms with E-state index in [-0.39, 0.29) is 22.4 Å². The van der Waals surface area contributed by atoms with Crippen molar-refractivity contribution < 1.29 is 9.90 Å². The van der Waals surface area contributed by atoms with Crippen molar-refractivity contribution in [3.05, 3.63) is 113 Å². The van der Waals surface area contributed by atoms with E-state index in [0.717, 1.165) is 54.0 Å². The van der Waals surface area contributed by atoms with Gasteiger partial charge in [-0.05, 0) is 85.0 Å². The fraction of sp³-hybridized carbons (Fsp3) is 0.324. The average molecular weight is 545 g/mol. The van der Waals surface area contributed by atoms with Crippen LogP contribution in [0.3, 0.4) is 0 Å². The lowest BCUT2D eigenvalue weighted by atomic mass is 9.81. The minimum absolute atomic E-state index is 0.148. The fourth-order valence-electron chi connectivity index (χ4n) is 7.26. The second-order valence-corrected chi connectivity index (χ2v) is 12.4. The molecule has 6 rings (SSSR count). The molecule has 0 saturated heterocycles. The predicted molar refractivity (Wildman–Crippen MR) is 171 cm³/mol. The lowest BCUT2D eigenvalue weighted by Gasteiger charge is -2.26. The van der Waals surface area contributed by atoms with Crippen LogP contribution in [0.25, 0.3) is 10.8 Å². The molecule has 2 heterocycles. The van der Waals surface area contributed by atoms with Crippen LogP contribution >= 0.6 is 0 Å². The predicted octanol–water partition coefficient (Wildman–Crippen LogP) is 8.46. The molecule has 4 nitrogen and oxygen atoms in total. The number of anilines is 2. The Kier molecular flexibility index (Phi) is 6.48. The SMILES string of the molecule is CCN1/C(=C/C=C2\CC/C(=C\C=C3\N(CC)c4ccc5ccccc5c4C3(C)C)C2=O)C(C)(C)c2cc(O)ccc21. The lowest BCUT2D eigenvalue weighted by molar-refractivity contribution is -0.111. The molecule has 3 aliphatic rings. The van der Waals surface area contributed by atoms with Crippen molar-refractivity contribution in [1.29, 1.82) is 0 Å². The standard InChI is InChI=1S/C37H40N2O2/c1-7-38-30-20-18-27(40)23-29(30)36(3,4)32(38)21-16-25-13-14-26(35(25)41)17-22-33-37(5,6)34-28-12-10-9-11-24(28)15-19-31(34)39(33)8-2/h9-12,15-23,40H,7-8,13-14H2,1-6H3/b25-16+,26-17+,32-21+,33-22+. The Bertz CT molecular complexity index is 1700. The summed E-state index contributed by atoms with van der Waals surface area (Å²) < 4.78 is 0. The highest BCUT2D eigenvalue weighted by Crippen LogP contribution is 2.51. The number of hydrogen-bond donors (Lipinski definition) is 1. The molecule has 210 valence electrons. The van der Waals surface area contributed by atoms with Crippen molar-refractivity contribution >= 4 is 27.9 Å². The van der Waals surface area contributed by atoms with E-state index in [1.165, 1.54) is 27.7 Å². The van der Waals surface area contributed by atoms with E-state index in [0.29, 0.717) is 0 Å². The number of hydrogen-bond acceptors (Lipinski definition) is 4. The Labute approximate surface area is 244 Å². The van der Waals surface area contributed by atoms with E-state index in [4.69, 9.17) is 0 Å². The Morgan fingerprint density at radius 3 is 2.00 bits per heavy atom. The maximum absolute atomic E-state index is 13.5. The van der Waals surface area contributed by atoms with Gasteiger partial charge in [0, 0.05) is 57.8 Å². The van der Waals surface area contributed by atoms with E-state index < -0.39 is 0 Å². The molecule has 2 aliphatic heterocycles. The van der Waals surface area contributed by atoms with Crippen LogP contribution in [0.4, 0.5) is 11.4 Å². The molecular weight excluding hydrogens is 504 g/mol. The van der Waals surface area contributed by atoms with E-state index in [1.54, 1.807) is 6.07 Å². The monoisotopic (exact) mass is 544 g/mol. The summed E-state index contributed by atoms with van der Waals surface area (Å²) in [7, 11) is 0. The van der Waals surface area contributed by atoms with Crippen LogP contribution in [0.5, 0.6) is 5.75 Å². The summed E-state index contributed by atoms with van der Waals surface area (Å²) in [6, 6.07) is 18.7. The number of benzene rings is 3. The van der Waals surface area contributed by atoms with Gasteiger partial charge in [-0.25, -0.2) is 0 Å². The van der Waals surface area contributed by atoms with Gasteiger partial charge in [-0.3, -0.25) is 4.79 Å². The van der Waals surface area contributed by atoms with Crippen molar-refractivity contribution in [2.24, 2.45) is 0 Å². The molecule has 4 heteroatoms. The first-order valence-corrected chi connectivity index (χ1v) is 14.9. The highest BCUT2D eigenvalue weighted by atomic mass is 16.3. The van der Waals surface area contributed by atoms with Crippen LogP contribution in [-0.2, 0) is 15.6 Å². The van der Waals surface area contributed by atoms with Gasteiger partial charge in [0.15, 0.2) is 5.78 Å². The van der Waals surface area contributed by atoms with Crippen molar-refractivity contribution in [1.82, 2.24) is 0 Å². The maximum atomic E-state index is 13.5. The van der Waals surface area contributed by atoms with Crippen molar-refractivity contribution in [2.75, 3.05) is 22.9 Å². The van der Waals surface area contributed by atoms with E-state index >= 15 is 0 Å². The molecule has 1 aliphatic carbocycles. The Balaban J connectivity index is 1.31. The molecule has 0 spiro atoms. The third-order valence-corrected chi connectivity index (χ3v) is 9.39. The largest absolute Gasteiger partial charge is 0.508 e. The molecule has 41 heavy (non-hydrogen) atoms. The number of carbonyl (C=O) groups excluding carboxylic acids is 1. The van der Waals surface area contributed by atoms with Gasteiger partial charge >= 0.3 is 0 Å². The number of phenols is 1. The number of nitrogens with zero attached hydrogens (tertiary/aromatic N) is 2. The molecule has 0 unspecified atom stereocenters. The summed E-state index contributed by atoms with van der Waals surface area (Å²) >= 11 is 0. The lowest BCUT2D eigenvalue weighted by Crippen LogP contribution is -2.25. The molecule has 1 saturated carbocycles. The minimum Gasteiger partial charge on any atom is -0.508 e. The summed E-state index contributed by atoms with van der Waals surface area (Å²) in [5.74, 6) is 0.431. The van der Waals surface area contributed by atoms with Crippen molar-refractivity contribution in [3.63, 3.8) is 0 Å². The zero-order chi connectivity index (χ0) is 29.1. The Hall–Kier alpha value is -4.05. The molecule has 1 N–H and O–H groups in total. The van der Waals surface area contributed by atoms with Crippen LogP contribution in [-0.4, -0.2) is 24.0 Å². The molecular formula is C37H40N2O2. The highest BCUT2D eigenvalue weighted by Gasteiger charge is 2.41. The average Bonchev–Trinajstić information content (AvgIpc) is 3.49. The van der Waals surface area contributed by atoms with Gasteiger partial charge in [0.2, 0.25) is 0 Å². The van der Waals surface area contributed by atoms with Gasteiger partial charge in [0.1, 0.15) is 5.75 Å². The van der Waals surface area contributed by atoms with Gasteiger partial charge < -0.3 is 14.9 Å². The third-order valence-electron chi connectivity index (χ3n) is 9.39. The number of allylic oxidation sites excluding steroid dienone is 8. The number of ketones is 1. The zero-order valence-electron chi connectivity index (χ0n) is 25.1. The zero-order valence-corrected chi connectivity index (χ0v) is 25.1. The number of likely N-dealkylation sites (N-methyl/N-ethyl adjacent to an activating group) is 2. The van der Waals surface area contributed by atoms with Gasteiger partial charge in [-0.2, -0.15) is 0 Å². The third kappa shape index (κ3) is 4.15. The normalized spacial score (nSPS) is 23.0. The number of Topliss-reactive ketones (excluding diaryl/α,β-unsaturated/α-hetero) is 1. The molecule has 0 aromatic heterocycles. The molecule has 0 atom stereocenters. The molecule has 3 aromatic rings. The van der Waals surface area contributed by atoms with Crippen LogP contribution in [0.1, 0.15) is 65.5 Å². The first-order valence-electron chi connectivity index (χ1n) is 14.9. The second-order valence-electron chi connectivity index (χ2n) is 12.4. The first-order chi connectivity index (χ1) is 19.6. The maximum Gasteiger partial charge on any atom is 0.185 e. The molecule has 0 bridgehead atoms. The van der Waals surface area contributed by atoms with Gasteiger partial charge in [-0.15, -0.1) is 0 Å². The van der Waals surface area contributed by atoms with Crippen molar-refractivity contribution in [2.45, 2.75) is 65.2 Å². The second kappa shape index (κ2) is 9.80. The highest BCUT2D eigenvalue weighted by molar-refractivity contribution is 6.11. The number of fused-ring (bicyclic) bond motifs is 4. The first kappa shape index (κ1) is 27.1. The van der Waals surface area contributed by atoms with Gasteiger partial charge in [0.05, 0.1) is 0 Å². The van der Waals surface area contributed by atoms with Crippen LogP contribution < -0.4 is 9.80 Å². The topological polar surface area (TPSA) is 43.8 Å². The molecule has 1 fully saturated rings. The number of carbonyl (C=O) groups is 1. The number of rotatable bonds is 4. The van der Waals surface area contributed by atoms with Gasteiger partial charge in [0.25, 0.3) is 0 Å². The van der Waals surface area contributed by atoms with E-state index in [9.17, 15) is 9.90 Å². The van der Waals surface area contributed by atoms with E-state index in [2.05, 4.69) is 106 Å². The number of aromatic hydroxyl groups is 1. The number of phenolic OH excluding ortho intramolecular Hbond substituents is 1. The molecule has 3 aromatic carbocycles. The molecule has 0 amide bonds. The summed E-state index contributed by atoms with van der Waals surface area (Å²) in [4.78, 5) is 18.2. The summed E-state index contributed by atoms with van der Waals surface area (Å²) in [6.45, 7) is 15.0. The minimum atomic E-state index is -0.261. The fourth-order valence-corrected chi connectivity index (χ4v) is 7.26. The van der Waals surface area contributed by atoms with Crippen LogP contribution in [0.2, 0.25) is 0 Å². The van der Waals surface area contributed by atoms with Gasteiger partial charge in [-0.1, -0.05) is 70.2 Å². The Morgan fingerprint density at radius 2 is 1.34 bits per heavy atom. The quantitative estimate of drug-likeness (QED) is 0.335. The smallest absolute Gasteiger partial charge is 0.185 e. The van der Waals surface area contributed by atoms with Crippen molar-refractivity contribution in [3.8, 4) is 5.75 Å². The molecule has 0 radical (unpaired) electrons. The Morgan fingerprint density at radius 1 is 0.756 bits per heavy atom. The van der Waals surface area contributed by atoms with Crippen LogP contribution in [0, 0.1) is 0 Å². The van der Waals surface area contributed by atoms with E-state index in [1.807, 2.05) is 18.2 Å². The van der Waals surface area contributed by atoms with Crippen LogP contribution in [0.15, 0.2) is 101 Å².